The molecular weight excluding hydrogens is 272 g/mol. The van der Waals surface area contributed by atoms with Crippen LogP contribution < -0.4 is 0 Å². The Morgan fingerprint density at radius 3 is 2.56 bits per heavy atom. The second kappa shape index (κ2) is 7.64. The highest BCUT2D eigenvalue weighted by Crippen LogP contribution is 2.24. The Morgan fingerprint density at radius 1 is 1.25 bits per heavy atom. The van der Waals surface area contributed by atoms with Gasteiger partial charge in [-0.05, 0) is 13.3 Å². The number of halogens is 1. The molecule has 0 saturated carbocycles. The van der Waals surface area contributed by atoms with Crippen LogP contribution in [0.1, 0.15) is 52.4 Å². The summed E-state index contributed by atoms with van der Waals surface area (Å²) in [6, 6.07) is 0. The van der Waals surface area contributed by atoms with Crippen molar-refractivity contribution in [2.75, 3.05) is 11.9 Å². The van der Waals surface area contributed by atoms with Crippen molar-refractivity contribution in [2.45, 2.75) is 64.3 Å². The lowest BCUT2D eigenvalue weighted by Crippen LogP contribution is -2.44. The van der Waals surface area contributed by atoms with Gasteiger partial charge in [0.2, 0.25) is 0 Å². The van der Waals surface area contributed by atoms with Crippen molar-refractivity contribution < 1.29 is 14.5 Å². The van der Waals surface area contributed by atoms with Crippen molar-refractivity contribution in [1.82, 2.24) is 0 Å². The fourth-order valence-electron chi connectivity index (χ4n) is 1.60. The normalized spacial score (nSPS) is 30.6. The molecule has 1 fully saturated rings. The van der Waals surface area contributed by atoms with E-state index in [2.05, 4.69) is 22.9 Å². The van der Waals surface area contributed by atoms with Crippen LogP contribution >= 0.6 is 15.9 Å². The Bertz CT molecular complexity index is 179. The van der Waals surface area contributed by atoms with E-state index in [0.717, 1.165) is 18.2 Å². The lowest BCUT2D eigenvalue weighted by atomic mass is 10.1. The van der Waals surface area contributed by atoms with Gasteiger partial charge in [0.25, 0.3) is 0 Å². The van der Waals surface area contributed by atoms with E-state index in [1.54, 1.807) is 0 Å². The molecule has 1 heterocycles. The van der Waals surface area contributed by atoms with Crippen molar-refractivity contribution in [3.63, 3.8) is 0 Å². The van der Waals surface area contributed by atoms with E-state index < -0.39 is 0 Å². The molecule has 0 spiro atoms. The first-order chi connectivity index (χ1) is 7.70. The van der Waals surface area contributed by atoms with Crippen LogP contribution in [0.2, 0.25) is 0 Å². The van der Waals surface area contributed by atoms with Crippen LogP contribution in [0, 0.1) is 0 Å². The standard InChI is InChI=1S/C12H23BrO3/c1-3-4-5-6-7-8-11-14-10-12(2,9-13)16-15-11/h11H,3-10H2,1-2H3/t11-,12+/m1/s1. The Labute approximate surface area is 107 Å². The first-order valence-corrected chi connectivity index (χ1v) is 7.34. The second-order valence-corrected chi connectivity index (χ2v) is 5.27. The average molecular weight is 295 g/mol. The smallest absolute Gasteiger partial charge is 0.191 e. The van der Waals surface area contributed by atoms with E-state index in [4.69, 9.17) is 14.5 Å². The van der Waals surface area contributed by atoms with Crippen molar-refractivity contribution in [3.8, 4) is 0 Å². The summed E-state index contributed by atoms with van der Waals surface area (Å²) in [4.78, 5) is 10.6. The van der Waals surface area contributed by atoms with E-state index in [-0.39, 0.29) is 11.9 Å². The number of alkyl halides is 1. The van der Waals surface area contributed by atoms with Crippen LogP contribution in [0.15, 0.2) is 0 Å². The van der Waals surface area contributed by atoms with Crippen LogP contribution in [0.5, 0.6) is 0 Å². The van der Waals surface area contributed by atoms with Crippen LogP contribution in [0.3, 0.4) is 0 Å². The summed E-state index contributed by atoms with van der Waals surface area (Å²) in [5.74, 6) is 0. The number of hydrogen-bond donors (Lipinski definition) is 0. The maximum Gasteiger partial charge on any atom is 0.191 e. The van der Waals surface area contributed by atoms with Gasteiger partial charge in [-0.25, -0.2) is 9.78 Å². The highest BCUT2D eigenvalue weighted by atomic mass is 79.9. The summed E-state index contributed by atoms with van der Waals surface area (Å²) in [6.45, 7) is 4.79. The summed E-state index contributed by atoms with van der Waals surface area (Å²) in [5.41, 5.74) is -0.335. The van der Waals surface area contributed by atoms with Gasteiger partial charge in [-0.3, -0.25) is 0 Å². The molecule has 16 heavy (non-hydrogen) atoms. The van der Waals surface area contributed by atoms with E-state index in [9.17, 15) is 0 Å². The Balaban J connectivity index is 2.04. The molecule has 1 aliphatic heterocycles. The lowest BCUT2D eigenvalue weighted by molar-refractivity contribution is -0.463. The van der Waals surface area contributed by atoms with Gasteiger partial charge >= 0.3 is 0 Å². The van der Waals surface area contributed by atoms with Crippen molar-refractivity contribution in [1.29, 1.82) is 0 Å². The molecule has 0 aromatic heterocycles. The number of rotatable bonds is 7. The van der Waals surface area contributed by atoms with Gasteiger partial charge in [0.1, 0.15) is 5.60 Å². The zero-order chi connectivity index (χ0) is 11.9. The maximum absolute atomic E-state index is 5.61. The SMILES string of the molecule is CCCCCCC[C@@H]1OC[C@](C)(CBr)OO1. The van der Waals surface area contributed by atoms with Gasteiger partial charge in [0.15, 0.2) is 6.29 Å². The lowest BCUT2D eigenvalue weighted by Gasteiger charge is -2.34. The largest absolute Gasteiger partial charge is 0.347 e. The zero-order valence-corrected chi connectivity index (χ0v) is 11.9. The Morgan fingerprint density at radius 2 is 2.00 bits per heavy atom. The molecule has 3 nitrogen and oxygen atoms in total. The minimum Gasteiger partial charge on any atom is -0.347 e. The van der Waals surface area contributed by atoms with Crippen molar-refractivity contribution in [3.05, 3.63) is 0 Å². The monoisotopic (exact) mass is 294 g/mol. The predicted octanol–water partition coefficient (Wildman–Crippen LogP) is 3.81. The van der Waals surface area contributed by atoms with Gasteiger partial charge in [-0.1, -0.05) is 48.5 Å². The molecule has 96 valence electrons. The topological polar surface area (TPSA) is 27.7 Å². The quantitative estimate of drug-likeness (QED) is 0.406. The average Bonchev–Trinajstić information content (AvgIpc) is 2.31. The molecule has 0 radical (unpaired) electrons. The van der Waals surface area contributed by atoms with E-state index in [0.29, 0.717) is 6.61 Å². The number of ether oxygens (including phenoxy) is 1. The van der Waals surface area contributed by atoms with Crippen LogP contribution in [0.25, 0.3) is 0 Å². The summed E-state index contributed by atoms with van der Waals surface area (Å²) in [6.07, 6.45) is 7.08. The third-order valence-electron chi connectivity index (χ3n) is 2.76. The highest BCUT2D eigenvalue weighted by molar-refractivity contribution is 9.09. The zero-order valence-electron chi connectivity index (χ0n) is 10.3. The summed E-state index contributed by atoms with van der Waals surface area (Å²) in [5, 5.41) is 0.725. The van der Waals surface area contributed by atoms with Gasteiger partial charge in [0, 0.05) is 11.8 Å². The van der Waals surface area contributed by atoms with Gasteiger partial charge in [-0.15, -0.1) is 0 Å². The molecule has 0 aromatic carbocycles. The van der Waals surface area contributed by atoms with Gasteiger partial charge in [-0.2, -0.15) is 0 Å². The van der Waals surface area contributed by atoms with E-state index in [1.165, 1.54) is 25.7 Å². The Hall–Kier alpha value is 0.360. The van der Waals surface area contributed by atoms with Crippen LogP contribution in [0.4, 0.5) is 0 Å². The van der Waals surface area contributed by atoms with Crippen molar-refractivity contribution >= 4 is 15.9 Å². The fraction of sp³-hybridized carbons (Fsp3) is 1.00. The number of unbranched alkanes of at least 4 members (excludes halogenated alkanes) is 4. The third-order valence-corrected chi connectivity index (χ3v) is 3.94. The second-order valence-electron chi connectivity index (χ2n) is 4.71. The molecule has 1 rings (SSSR count). The van der Waals surface area contributed by atoms with E-state index in [1.807, 2.05) is 6.92 Å². The fourth-order valence-corrected chi connectivity index (χ4v) is 1.85. The van der Waals surface area contributed by atoms with Crippen LogP contribution in [-0.4, -0.2) is 23.8 Å². The molecule has 0 N–H and O–H groups in total. The first kappa shape index (κ1) is 14.4. The molecule has 1 aliphatic rings. The molecule has 0 bridgehead atoms. The molecule has 0 unspecified atom stereocenters. The third kappa shape index (κ3) is 5.13. The molecule has 1 saturated heterocycles. The van der Waals surface area contributed by atoms with E-state index >= 15 is 0 Å². The highest BCUT2D eigenvalue weighted by Gasteiger charge is 2.33. The maximum atomic E-state index is 5.61. The Kier molecular flexibility index (Phi) is 6.89. The van der Waals surface area contributed by atoms with Gasteiger partial charge < -0.3 is 4.74 Å². The number of hydrogen-bond acceptors (Lipinski definition) is 3. The molecule has 2 atom stereocenters. The molecule has 0 aromatic rings. The first-order valence-electron chi connectivity index (χ1n) is 6.22. The minimum atomic E-state index is -0.335. The summed E-state index contributed by atoms with van der Waals surface area (Å²) >= 11 is 3.38. The molecule has 4 heteroatoms. The summed E-state index contributed by atoms with van der Waals surface area (Å²) < 4.78 is 5.61. The predicted molar refractivity (Wildman–Crippen MR) is 67.5 cm³/mol. The summed E-state index contributed by atoms with van der Waals surface area (Å²) in [7, 11) is 0. The minimum absolute atomic E-state index is 0.172. The molecule has 0 amide bonds. The van der Waals surface area contributed by atoms with Crippen LogP contribution in [-0.2, 0) is 14.5 Å². The van der Waals surface area contributed by atoms with Crippen molar-refractivity contribution in [2.24, 2.45) is 0 Å². The van der Waals surface area contributed by atoms with Gasteiger partial charge in [0.05, 0.1) is 6.61 Å². The molecule has 0 aliphatic carbocycles. The molecular formula is C12H23BrO3.